The number of rotatable bonds is 11. The van der Waals surface area contributed by atoms with Crippen LogP contribution < -0.4 is 14.8 Å². The third-order valence-corrected chi connectivity index (χ3v) is 9.18. The summed E-state index contributed by atoms with van der Waals surface area (Å²) >= 11 is 2.84. The lowest BCUT2D eigenvalue weighted by molar-refractivity contribution is -0.113. The van der Waals surface area contributed by atoms with Crippen molar-refractivity contribution < 1.29 is 14.3 Å². The fourth-order valence-corrected chi connectivity index (χ4v) is 6.88. The minimum atomic E-state index is -0.181. The fourth-order valence-electron chi connectivity index (χ4n) is 4.81. The summed E-state index contributed by atoms with van der Waals surface area (Å²) in [5.41, 5.74) is 3.02. The predicted molar refractivity (Wildman–Crippen MR) is 160 cm³/mol. The molecule has 1 aliphatic carbocycles. The number of carbonyl (C=O) groups is 1. The topological polar surface area (TPSA) is 102 Å². The molecular weight excluding hydrogens is 542 g/mol. The normalized spacial score (nSPS) is 14.8. The van der Waals surface area contributed by atoms with Crippen molar-refractivity contribution in [3.05, 3.63) is 58.2 Å². The van der Waals surface area contributed by atoms with E-state index in [-0.39, 0.29) is 23.7 Å². The summed E-state index contributed by atoms with van der Waals surface area (Å²) in [6.07, 6.45) is 4.65. The molecule has 1 N–H and O–H groups in total. The highest BCUT2D eigenvalue weighted by Gasteiger charge is 2.32. The molecule has 212 valence electrons. The number of anilines is 1. The molecule has 0 bridgehead atoms. The van der Waals surface area contributed by atoms with Crippen molar-refractivity contribution in [2.24, 2.45) is 11.3 Å². The number of aryl methyl sites for hydroxylation is 1. The Morgan fingerprint density at radius 1 is 1.32 bits per heavy atom. The maximum absolute atomic E-state index is 13.0. The van der Waals surface area contributed by atoms with Crippen LogP contribution in [0.15, 0.2) is 36.0 Å². The van der Waals surface area contributed by atoms with E-state index >= 15 is 0 Å². The molecule has 8 nitrogen and oxygen atoms in total. The average Bonchev–Trinajstić information content (AvgIpc) is 3.46. The van der Waals surface area contributed by atoms with Crippen LogP contribution in [-0.2, 0) is 30.8 Å². The summed E-state index contributed by atoms with van der Waals surface area (Å²) in [6.45, 7) is 15.8. The van der Waals surface area contributed by atoms with Gasteiger partial charge in [-0.05, 0) is 67.7 Å². The molecule has 0 saturated heterocycles. The van der Waals surface area contributed by atoms with E-state index in [4.69, 9.17) is 9.47 Å². The molecule has 0 spiro atoms. The first-order valence-electron chi connectivity index (χ1n) is 13.5. The first kappa shape index (κ1) is 29.7. The standard InChI is InChI=1S/C30H37N5O3S2/c1-7-13-35-26(17-38-23-12-9-19(3)14-24(23)37-8-2)33-34-29(35)39-18-27(36)32-28-22(16-31)21-11-10-20(30(4,5)6)15-25(21)40-28/h7,9,12,14,20H,1,8,10-11,13,15,17-18H2,2-6H3,(H,32,36)/t20-/m1/s1. The van der Waals surface area contributed by atoms with Crippen molar-refractivity contribution >= 4 is 34.0 Å². The number of hydrogen-bond donors (Lipinski definition) is 1. The molecule has 0 aliphatic heterocycles. The smallest absolute Gasteiger partial charge is 0.235 e. The number of thiophene rings is 1. The highest BCUT2D eigenvalue weighted by atomic mass is 32.2. The lowest BCUT2D eigenvalue weighted by atomic mass is 9.72. The van der Waals surface area contributed by atoms with Crippen LogP contribution in [0.25, 0.3) is 0 Å². The largest absolute Gasteiger partial charge is 0.490 e. The maximum atomic E-state index is 13.0. The lowest BCUT2D eigenvalue weighted by Crippen LogP contribution is -2.26. The lowest BCUT2D eigenvalue weighted by Gasteiger charge is -2.33. The zero-order valence-electron chi connectivity index (χ0n) is 23.9. The first-order valence-corrected chi connectivity index (χ1v) is 15.3. The number of nitrogens with one attached hydrogen (secondary N) is 1. The highest BCUT2D eigenvalue weighted by molar-refractivity contribution is 7.99. The zero-order chi connectivity index (χ0) is 28.9. The molecule has 2 aromatic heterocycles. The second-order valence-corrected chi connectivity index (χ2v) is 13.0. The van der Waals surface area contributed by atoms with Gasteiger partial charge in [0.05, 0.1) is 17.9 Å². The molecule has 0 fully saturated rings. The molecule has 10 heteroatoms. The average molecular weight is 580 g/mol. The van der Waals surface area contributed by atoms with Gasteiger partial charge in [-0.3, -0.25) is 9.36 Å². The van der Waals surface area contributed by atoms with Gasteiger partial charge in [-0.1, -0.05) is 44.7 Å². The Labute approximate surface area is 244 Å². The van der Waals surface area contributed by atoms with Gasteiger partial charge in [-0.25, -0.2) is 0 Å². The van der Waals surface area contributed by atoms with Gasteiger partial charge in [0.15, 0.2) is 22.5 Å². The van der Waals surface area contributed by atoms with Gasteiger partial charge in [-0.15, -0.1) is 28.1 Å². The Kier molecular flexibility index (Phi) is 9.59. The number of fused-ring (bicyclic) bond motifs is 1. The second kappa shape index (κ2) is 12.9. The fraction of sp³-hybridized carbons (Fsp3) is 0.467. The summed E-state index contributed by atoms with van der Waals surface area (Å²) < 4.78 is 13.6. The van der Waals surface area contributed by atoms with E-state index in [9.17, 15) is 10.1 Å². The van der Waals surface area contributed by atoms with E-state index in [0.29, 0.717) is 52.1 Å². The van der Waals surface area contributed by atoms with Crippen molar-refractivity contribution in [2.45, 2.75) is 72.2 Å². The number of aromatic nitrogens is 3. The number of carbonyl (C=O) groups excluding carboxylic acids is 1. The van der Waals surface area contributed by atoms with E-state index in [2.05, 4.69) is 48.9 Å². The van der Waals surface area contributed by atoms with Gasteiger partial charge in [0.25, 0.3) is 0 Å². The summed E-state index contributed by atoms with van der Waals surface area (Å²) in [4.78, 5) is 14.2. The Morgan fingerprint density at radius 3 is 2.83 bits per heavy atom. The number of allylic oxidation sites excluding steroid dienone is 1. The molecule has 0 unspecified atom stereocenters. The number of hydrogen-bond acceptors (Lipinski definition) is 8. The molecule has 1 atom stereocenters. The maximum Gasteiger partial charge on any atom is 0.235 e. The van der Waals surface area contributed by atoms with E-state index < -0.39 is 0 Å². The van der Waals surface area contributed by atoms with Crippen LogP contribution in [0.1, 0.15) is 61.5 Å². The van der Waals surface area contributed by atoms with Gasteiger partial charge in [-0.2, -0.15) is 5.26 Å². The molecule has 0 radical (unpaired) electrons. The van der Waals surface area contributed by atoms with Crippen molar-refractivity contribution in [1.82, 2.24) is 14.8 Å². The van der Waals surface area contributed by atoms with Gasteiger partial charge in [0.2, 0.25) is 5.91 Å². The number of nitriles is 1. The van der Waals surface area contributed by atoms with Crippen molar-refractivity contribution in [1.29, 1.82) is 5.26 Å². The molecule has 3 aromatic rings. The van der Waals surface area contributed by atoms with E-state index in [1.165, 1.54) is 16.6 Å². The van der Waals surface area contributed by atoms with E-state index in [0.717, 1.165) is 30.4 Å². The zero-order valence-corrected chi connectivity index (χ0v) is 25.5. The Balaban J connectivity index is 1.41. The molecule has 4 rings (SSSR count). The monoisotopic (exact) mass is 579 g/mol. The van der Waals surface area contributed by atoms with Crippen LogP contribution in [0, 0.1) is 29.6 Å². The van der Waals surface area contributed by atoms with Crippen molar-refractivity contribution in [2.75, 3.05) is 17.7 Å². The Morgan fingerprint density at radius 2 is 2.12 bits per heavy atom. The summed E-state index contributed by atoms with van der Waals surface area (Å²) in [5, 5.41) is 22.7. The van der Waals surface area contributed by atoms with Crippen LogP contribution in [0.5, 0.6) is 11.5 Å². The molecule has 1 amide bonds. The molecular formula is C30H37N5O3S2. The van der Waals surface area contributed by atoms with Gasteiger partial charge in [0.1, 0.15) is 17.7 Å². The van der Waals surface area contributed by atoms with Crippen LogP contribution in [-0.4, -0.2) is 33.0 Å². The second-order valence-electron chi connectivity index (χ2n) is 10.9. The molecule has 1 aliphatic rings. The number of amides is 1. The minimum absolute atomic E-state index is 0.140. The van der Waals surface area contributed by atoms with Crippen molar-refractivity contribution in [3.8, 4) is 17.6 Å². The van der Waals surface area contributed by atoms with Gasteiger partial charge in [0, 0.05) is 11.4 Å². The predicted octanol–water partition coefficient (Wildman–Crippen LogP) is 6.57. The van der Waals surface area contributed by atoms with Crippen LogP contribution >= 0.6 is 23.1 Å². The van der Waals surface area contributed by atoms with Crippen LogP contribution in [0.4, 0.5) is 5.00 Å². The summed E-state index contributed by atoms with van der Waals surface area (Å²) in [6, 6.07) is 8.13. The Hall–Kier alpha value is -3.29. The Bertz CT molecular complexity index is 1410. The highest BCUT2D eigenvalue weighted by Crippen LogP contribution is 2.44. The van der Waals surface area contributed by atoms with Crippen LogP contribution in [0.3, 0.4) is 0 Å². The van der Waals surface area contributed by atoms with Gasteiger partial charge >= 0.3 is 0 Å². The van der Waals surface area contributed by atoms with E-state index in [1.54, 1.807) is 17.4 Å². The molecule has 40 heavy (non-hydrogen) atoms. The van der Waals surface area contributed by atoms with Crippen LogP contribution in [0.2, 0.25) is 0 Å². The molecule has 2 heterocycles. The number of benzene rings is 1. The third-order valence-electron chi connectivity index (χ3n) is 7.05. The van der Waals surface area contributed by atoms with Crippen molar-refractivity contribution in [3.63, 3.8) is 0 Å². The number of thioether (sulfide) groups is 1. The third kappa shape index (κ3) is 6.88. The number of ether oxygens (including phenoxy) is 2. The summed E-state index contributed by atoms with van der Waals surface area (Å²) in [7, 11) is 0. The molecule has 1 aromatic carbocycles. The SMILES string of the molecule is C=CCn1c(COc2ccc(C)cc2OCC)nnc1SCC(=O)Nc1sc2c(c1C#N)CC[C@@H](C(C)(C)C)C2. The van der Waals surface area contributed by atoms with Gasteiger partial charge < -0.3 is 14.8 Å². The quantitative estimate of drug-likeness (QED) is 0.203. The molecule has 0 saturated carbocycles. The first-order chi connectivity index (χ1) is 19.1. The number of nitrogens with zero attached hydrogens (tertiary/aromatic N) is 4. The minimum Gasteiger partial charge on any atom is -0.490 e. The van der Waals surface area contributed by atoms with E-state index in [1.807, 2.05) is 36.6 Å². The summed E-state index contributed by atoms with van der Waals surface area (Å²) in [5.74, 6) is 2.46.